The Kier molecular flexibility index (Phi) is 2.48. The van der Waals surface area contributed by atoms with Crippen LogP contribution in [0.3, 0.4) is 0 Å². The van der Waals surface area contributed by atoms with E-state index in [0.717, 1.165) is 23.0 Å². The molecule has 0 N–H and O–H groups in total. The molecule has 1 atom stereocenters. The van der Waals surface area contributed by atoms with Crippen molar-refractivity contribution in [2.45, 2.75) is 13.3 Å². The van der Waals surface area contributed by atoms with Gasteiger partial charge in [0.25, 0.3) is 0 Å². The third-order valence-electron chi connectivity index (χ3n) is 3.37. The van der Waals surface area contributed by atoms with Gasteiger partial charge in [0.2, 0.25) is 5.78 Å². The summed E-state index contributed by atoms with van der Waals surface area (Å²) in [6.07, 6.45) is 0.801. The Morgan fingerprint density at radius 1 is 1.35 bits per heavy atom. The number of hydrogen-bond donors (Lipinski definition) is 0. The molecule has 1 aromatic heterocycles. The highest BCUT2D eigenvalue weighted by atomic mass is 16.5. The van der Waals surface area contributed by atoms with Crippen LogP contribution in [0.2, 0.25) is 0 Å². The number of fused-ring (bicyclic) bond motifs is 1. The fourth-order valence-electron chi connectivity index (χ4n) is 2.34. The normalized spacial score (nSPS) is 19.9. The van der Waals surface area contributed by atoms with E-state index in [4.69, 9.17) is 9.15 Å². The van der Waals surface area contributed by atoms with Gasteiger partial charge in [0.1, 0.15) is 5.58 Å². The van der Waals surface area contributed by atoms with Crippen LogP contribution in [0, 0.1) is 12.8 Å². The first kappa shape index (κ1) is 10.5. The lowest BCUT2D eigenvalue weighted by atomic mass is 9.99. The molecule has 0 spiro atoms. The maximum atomic E-state index is 12.3. The molecule has 0 bridgehead atoms. The van der Waals surface area contributed by atoms with Crippen LogP contribution in [-0.2, 0) is 4.74 Å². The maximum absolute atomic E-state index is 12.3. The summed E-state index contributed by atoms with van der Waals surface area (Å²) in [4.78, 5) is 12.3. The molecule has 0 aliphatic carbocycles. The average Bonchev–Trinajstić information content (AvgIpc) is 2.97. The van der Waals surface area contributed by atoms with Gasteiger partial charge in [-0.1, -0.05) is 18.2 Å². The molecule has 2 aromatic rings. The number of hydrogen-bond acceptors (Lipinski definition) is 3. The summed E-state index contributed by atoms with van der Waals surface area (Å²) in [5.74, 6) is 0.548. The van der Waals surface area contributed by atoms with Crippen molar-refractivity contribution in [3.63, 3.8) is 0 Å². The van der Waals surface area contributed by atoms with E-state index in [1.54, 1.807) is 0 Å². The molecule has 3 nitrogen and oxygen atoms in total. The first-order valence-corrected chi connectivity index (χ1v) is 5.87. The van der Waals surface area contributed by atoms with Gasteiger partial charge in [-0.25, -0.2) is 0 Å². The second-order valence-corrected chi connectivity index (χ2v) is 4.48. The number of ether oxygens (including phenoxy) is 1. The zero-order valence-electron chi connectivity index (χ0n) is 9.73. The Bertz CT molecular complexity index is 562. The van der Waals surface area contributed by atoms with Gasteiger partial charge in [-0.2, -0.15) is 0 Å². The summed E-state index contributed by atoms with van der Waals surface area (Å²) in [5.41, 5.74) is 1.73. The molecule has 0 radical (unpaired) electrons. The van der Waals surface area contributed by atoms with Crippen molar-refractivity contribution in [2.24, 2.45) is 5.92 Å². The molecule has 3 heteroatoms. The van der Waals surface area contributed by atoms with Crippen molar-refractivity contribution in [1.29, 1.82) is 0 Å². The number of carbonyl (C=O) groups excluding carboxylic acids is 1. The van der Waals surface area contributed by atoms with Gasteiger partial charge in [0.15, 0.2) is 5.76 Å². The lowest BCUT2D eigenvalue weighted by molar-refractivity contribution is 0.0873. The second kappa shape index (κ2) is 4.00. The van der Waals surface area contributed by atoms with Crippen LogP contribution in [0.25, 0.3) is 11.0 Å². The highest BCUT2D eigenvalue weighted by Crippen LogP contribution is 2.28. The molecule has 0 amide bonds. The third kappa shape index (κ3) is 1.67. The van der Waals surface area contributed by atoms with E-state index in [-0.39, 0.29) is 11.7 Å². The Hall–Kier alpha value is -1.61. The number of aryl methyl sites for hydroxylation is 1. The molecule has 1 fully saturated rings. The largest absolute Gasteiger partial charge is 0.453 e. The molecule has 1 aliphatic rings. The smallest absolute Gasteiger partial charge is 0.203 e. The van der Waals surface area contributed by atoms with Crippen LogP contribution in [0.15, 0.2) is 28.7 Å². The zero-order chi connectivity index (χ0) is 11.8. The lowest BCUT2D eigenvalue weighted by Gasteiger charge is -2.03. The van der Waals surface area contributed by atoms with Crippen molar-refractivity contribution in [1.82, 2.24) is 0 Å². The van der Waals surface area contributed by atoms with E-state index in [1.165, 1.54) is 0 Å². The maximum Gasteiger partial charge on any atom is 0.203 e. The van der Waals surface area contributed by atoms with E-state index in [1.807, 2.05) is 31.2 Å². The molecule has 1 aliphatic heterocycles. The fourth-order valence-corrected chi connectivity index (χ4v) is 2.34. The van der Waals surface area contributed by atoms with Crippen LogP contribution in [0.4, 0.5) is 0 Å². The summed E-state index contributed by atoms with van der Waals surface area (Å²) in [5, 5.41) is 1.02. The summed E-state index contributed by atoms with van der Waals surface area (Å²) in [6.45, 7) is 3.14. The molecule has 2 heterocycles. The van der Waals surface area contributed by atoms with Gasteiger partial charge in [-0.05, 0) is 19.4 Å². The summed E-state index contributed by atoms with van der Waals surface area (Å²) < 4.78 is 10.9. The molecular weight excluding hydrogens is 216 g/mol. The number of ketones is 1. The minimum Gasteiger partial charge on any atom is -0.453 e. The predicted molar refractivity (Wildman–Crippen MR) is 64.2 cm³/mol. The molecule has 0 saturated carbocycles. The fraction of sp³-hybridized carbons (Fsp3) is 0.357. The number of rotatable bonds is 2. The number of furan rings is 1. The van der Waals surface area contributed by atoms with E-state index >= 15 is 0 Å². The van der Waals surface area contributed by atoms with E-state index in [9.17, 15) is 4.79 Å². The number of Topliss-reactive ketones (excluding diaryl/α,β-unsaturated/α-hetero) is 1. The highest BCUT2D eigenvalue weighted by molar-refractivity contribution is 6.01. The van der Waals surface area contributed by atoms with Gasteiger partial charge < -0.3 is 9.15 Å². The van der Waals surface area contributed by atoms with Gasteiger partial charge >= 0.3 is 0 Å². The summed E-state index contributed by atoms with van der Waals surface area (Å²) >= 11 is 0. The molecule has 88 valence electrons. The Morgan fingerprint density at radius 2 is 2.18 bits per heavy atom. The molecule has 1 aromatic carbocycles. The first-order chi connectivity index (χ1) is 8.27. The highest BCUT2D eigenvalue weighted by Gasteiger charge is 2.28. The standard InChI is InChI=1S/C14H14O3/c1-9-11-4-2-3-5-12(11)17-14(9)13(15)10-6-7-16-8-10/h2-5,10H,6-8H2,1H3. The minimum atomic E-state index is -0.0331. The van der Waals surface area contributed by atoms with Crippen LogP contribution >= 0.6 is 0 Å². The van der Waals surface area contributed by atoms with Gasteiger partial charge in [-0.3, -0.25) is 4.79 Å². The number of carbonyl (C=O) groups is 1. The Labute approximate surface area is 99.4 Å². The van der Waals surface area contributed by atoms with Crippen LogP contribution < -0.4 is 0 Å². The van der Waals surface area contributed by atoms with E-state index < -0.39 is 0 Å². The average molecular weight is 230 g/mol. The van der Waals surface area contributed by atoms with Gasteiger partial charge in [0, 0.05) is 17.6 Å². The zero-order valence-corrected chi connectivity index (χ0v) is 9.73. The first-order valence-electron chi connectivity index (χ1n) is 5.87. The van der Waals surface area contributed by atoms with Crippen molar-refractivity contribution < 1.29 is 13.9 Å². The molecule has 17 heavy (non-hydrogen) atoms. The quantitative estimate of drug-likeness (QED) is 0.744. The second-order valence-electron chi connectivity index (χ2n) is 4.48. The molecule has 1 saturated heterocycles. The van der Waals surface area contributed by atoms with Crippen molar-refractivity contribution >= 4 is 16.8 Å². The molecule has 3 rings (SSSR count). The molecular formula is C14H14O3. The SMILES string of the molecule is Cc1c(C(=O)C2CCOC2)oc2ccccc12. The number of benzene rings is 1. The van der Waals surface area contributed by atoms with Crippen LogP contribution in [0.5, 0.6) is 0 Å². The summed E-state index contributed by atoms with van der Waals surface area (Å²) in [6, 6.07) is 7.75. The lowest BCUT2D eigenvalue weighted by Crippen LogP contribution is -2.14. The van der Waals surface area contributed by atoms with Crippen LogP contribution in [0.1, 0.15) is 22.5 Å². The molecule has 1 unspecified atom stereocenters. The summed E-state index contributed by atoms with van der Waals surface area (Å²) in [7, 11) is 0. The van der Waals surface area contributed by atoms with E-state index in [0.29, 0.717) is 19.0 Å². The van der Waals surface area contributed by atoms with Crippen molar-refractivity contribution in [3.8, 4) is 0 Å². The predicted octanol–water partition coefficient (Wildman–Crippen LogP) is 2.96. The van der Waals surface area contributed by atoms with Gasteiger partial charge in [0.05, 0.1) is 12.5 Å². The third-order valence-corrected chi connectivity index (χ3v) is 3.37. The monoisotopic (exact) mass is 230 g/mol. The Morgan fingerprint density at radius 3 is 2.88 bits per heavy atom. The van der Waals surface area contributed by atoms with Gasteiger partial charge in [-0.15, -0.1) is 0 Å². The topological polar surface area (TPSA) is 39.4 Å². The van der Waals surface area contributed by atoms with E-state index in [2.05, 4.69) is 0 Å². The van der Waals surface area contributed by atoms with Crippen LogP contribution in [-0.4, -0.2) is 19.0 Å². The minimum absolute atomic E-state index is 0.0331. The van der Waals surface area contributed by atoms with Crippen molar-refractivity contribution in [3.05, 3.63) is 35.6 Å². The number of para-hydroxylation sites is 1. The van der Waals surface area contributed by atoms with Crippen molar-refractivity contribution in [2.75, 3.05) is 13.2 Å². The Balaban J connectivity index is 2.05.